The Morgan fingerprint density at radius 1 is 0.603 bits per heavy atom. The van der Waals surface area contributed by atoms with Gasteiger partial charge in [0.1, 0.15) is 0 Å². The normalized spacial score (nSPS) is 15.1. The van der Waals surface area contributed by atoms with Gasteiger partial charge in [0.2, 0.25) is 0 Å². The van der Waals surface area contributed by atoms with Crippen molar-refractivity contribution in [1.29, 1.82) is 0 Å². The van der Waals surface area contributed by atoms with Crippen molar-refractivity contribution in [3.63, 3.8) is 0 Å². The van der Waals surface area contributed by atoms with Gasteiger partial charge in [-0.2, -0.15) is 0 Å². The Bertz CT molecular complexity index is 2400. The van der Waals surface area contributed by atoms with Gasteiger partial charge in [-0.05, 0) is 0 Å². The van der Waals surface area contributed by atoms with Crippen molar-refractivity contribution in [3.05, 3.63) is 174 Å². The second-order valence-corrected chi connectivity index (χ2v) is 22.9. The monoisotopic (exact) mass is 908 g/mol. The van der Waals surface area contributed by atoms with Crippen molar-refractivity contribution < 1.29 is 72.4 Å². The minimum absolute atomic E-state index is 0. The predicted molar refractivity (Wildman–Crippen MR) is 214 cm³/mol. The van der Waals surface area contributed by atoms with Gasteiger partial charge in [-0.25, -0.2) is 0 Å². The molecule has 0 radical (unpaired) electrons. The van der Waals surface area contributed by atoms with E-state index in [1.54, 1.807) is 12.1 Å². The number of alkyl halides is 6. The molecule has 0 aromatic heterocycles. The molecule has 1 atom stereocenters. The summed E-state index contributed by atoms with van der Waals surface area (Å²) in [5.74, 6) is -0.105. The molecule has 0 N–H and O–H groups in total. The minimum atomic E-state index is -4.65. The van der Waals surface area contributed by atoms with E-state index >= 15 is 0 Å². The Morgan fingerprint density at radius 2 is 1.16 bits per heavy atom. The molecule has 5 aromatic carbocycles. The van der Waals surface area contributed by atoms with Crippen LogP contribution in [0.5, 0.6) is 0 Å². The molecule has 5 aromatic rings. The quantitative estimate of drug-likeness (QED) is 0.158. The molecule has 2 aliphatic carbocycles. The third-order valence-electron chi connectivity index (χ3n) is 11.2. The third-order valence-corrected chi connectivity index (χ3v) is 19.9. The Balaban J connectivity index is 0.00000320. The maximum absolute atomic E-state index is 14.6. The first kappa shape index (κ1) is 45.6. The molecule has 0 aliphatic heterocycles. The number of hydrogen-bond donors (Lipinski definition) is 0. The van der Waals surface area contributed by atoms with Crippen LogP contribution >= 0.6 is 0 Å². The maximum Gasteiger partial charge on any atom is -1.00 e. The van der Waals surface area contributed by atoms with Gasteiger partial charge in [0, 0.05) is 0 Å². The molecular weight excluding hydrogens is 865 g/mol. The largest absolute Gasteiger partial charge is 1.00 e. The van der Waals surface area contributed by atoms with Crippen LogP contribution in [0.15, 0.2) is 124 Å². The minimum Gasteiger partial charge on any atom is -1.00 e. The van der Waals surface area contributed by atoms with Crippen LogP contribution in [0.4, 0.5) is 26.3 Å². The fraction of sp³-hybridized carbons (Fsp3) is 0.286. The second-order valence-electron chi connectivity index (χ2n) is 17.2. The van der Waals surface area contributed by atoms with E-state index in [9.17, 15) is 26.3 Å². The van der Waals surface area contributed by atoms with Crippen molar-refractivity contribution in [3.8, 4) is 11.1 Å². The van der Waals surface area contributed by atoms with Crippen LogP contribution in [-0.4, -0.2) is 3.21 Å². The molecule has 0 saturated carbocycles. The molecule has 0 amide bonds. The Morgan fingerprint density at radius 3 is 1.67 bits per heavy atom. The summed E-state index contributed by atoms with van der Waals surface area (Å²) in [5, 5.41) is 0. The molecule has 9 heteroatoms. The van der Waals surface area contributed by atoms with E-state index in [-0.39, 0.29) is 41.6 Å². The first-order chi connectivity index (χ1) is 26.1. The first-order valence-electron chi connectivity index (χ1n) is 19.0. The summed E-state index contributed by atoms with van der Waals surface area (Å²) in [5.41, 5.74) is 8.50. The molecular formula is C49H46Cl2F6Zr. The summed E-state index contributed by atoms with van der Waals surface area (Å²) in [4.78, 5) is 0. The average molecular weight is 911 g/mol. The van der Waals surface area contributed by atoms with Gasteiger partial charge < -0.3 is 24.8 Å². The van der Waals surface area contributed by atoms with Crippen LogP contribution in [0.3, 0.4) is 0 Å². The zero-order valence-corrected chi connectivity index (χ0v) is 37.7. The van der Waals surface area contributed by atoms with Gasteiger partial charge in [-0.15, -0.1) is 0 Å². The summed E-state index contributed by atoms with van der Waals surface area (Å²) >= 11 is -3.94. The van der Waals surface area contributed by atoms with E-state index in [0.29, 0.717) is 20.8 Å². The van der Waals surface area contributed by atoms with Gasteiger partial charge >= 0.3 is 336 Å². The first-order valence-corrected chi connectivity index (χ1v) is 22.7. The van der Waals surface area contributed by atoms with Gasteiger partial charge in [0.25, 0.3) is 0 Å². The van der Waals surface area contributed by atoms with Crippen LogP contribution in [0.1, 0.15) is 105 Å². The number of halogens is 8. The number of fused-ring (bicyclic) bond motifs is 3. The zero-order chi connectivity index (χ0) is 40.5. The summed E-state index contributed by atoms with van der Waals surface area (Å²) in [6.07, 6.45) is -6.42. The number of allylic oxidation sites excluding steroid dienone is 4. The third kappa shape index (κ3) is 8.70. The molecule has 0 heterocycles. The SMILES string of the molecule is CC1=[C]([Zr+2](=[C](c2cccc(C(F)(F)F)c2)c2cccc(C(F)(F)F)c2)[c]2c(C(C)(C)C)ccc3c2Cc2cc(C(C)(C)C)ccc2-3)C(C)C=C1c1ccccc1.[Cl-].[Cl-]. The Hall–Kier alpha value is -3.51. The number of rotatable bonds is 5. The molecule has 0 fully saturated rings. The van der Waals surface area contributed by atoms with Gasteiger partial charge in [-0.3, -0.25) is 0 Å². The molecule has 0 bridgehead atoms. The van der Waals surface area contributed by atoms with E-state index in [4.69, 9.17) is 0 Å². The summed E-state index contributed by atoms with van der Waals surface area (Å²) < 4.78 is 90.2. The molecule has 58 heavy (non-hydrogen) atoms. The van der Waals surface area contributed by atoms with Crippen LogP contribution in [0, 0.1) is 5.92 Å². The van der Waals surface area contributed by atoms with E-state index in [1.807, 2.05) is 18.2 Å². The Labute approximate surface area is 358 Å². The van der Waals surface area contributed by atoms with Crippen molar-refractivity contribution in [1.82, 2.24) is 0 Å². The smallest absolute Gasteiger partial charge is 1.00 e. The maximum atomic E-state index is 14.6. The molecule has 7 rings (SSSR count). The van der Waals surface area contributed by atoms with Crippen molar-refractivity contribution >= 4 is 12.1 Å². The number of hydrogen-bond acceptors (Lipinski definition) is 0. The topological polar surface area (TPSA) is 0 Å². The van der Waals surface area contributed by atoms with Crippen LogP contribution in [0.2, 0.25) is 0 Å². The van der Waals surface area contributed by atoms with E-state index in [2.05, 4.69) is 104 Å². The number of benzene rings is 5. The van der Waals surface area contributed by atoms with Crippen molar-refractivity contribution in [2.45, 2.75) is 85.0 Å². The fourth-order valence-electron chi connectivity index (χ4n) is 8.50. The van der Waals surface area contributed by atoms with Crippen molar-refractivity contribution in [2.24, 2.45) is 5.92 Å². The van der Waals surface area contributed by atoms with E-state index in [0.717, 1.165) is 69.8 Å². The molecule has 2 aliphatic rings. The van der Waals surface area contributed by atoms with Crippen molar-refractivity contribution in [2.75, 3.05) is 0 Å². The standard InChI is InChI=1S/C21H25.C15H8F6.C13H13.2ClH.Zr/c1-20(2,3)16-7-9-18-14(12-16)11-15-13-17(21(4,5)6)8-10-19(15)18;16-14(17,18)12-5-1-3-10(8-12)7-11-4-2-6-13(9-11)15(19,20)21;1-10-8-11(2)13(9-10)12-6-4-3-5-7-12;;;/h7-10,12H,11H2,1-6H3;1-6,8-9H;3-7,9-10H,1-2H3;2*1H;/q;;;;;+2/p-2. The molecule has 302 valence electrons. The molecule has 0 saturated heterocycles. The van der Waals surface area contributed by atoms with Gasteiger partial charge in [0.15, 0.2) is 0 Å². The Kier molecular flexibility index (Phi) is 13.0. The average Bonchev–Trinajstić information content (AvgIpc) is 3.65. The summed E-state index contributed by atoms with van der Waals surface area (Å²) in [6.45, 7) is 17.2. The molecule has 1 unspecified atom stereocenters. The van der Waals surface area contributed by atoms with Gasteiger partial charge in [0.05, 0.1) is 0 Å². The predicted octanol–water partition coefficient (Wildman–Crippen LogP) is 7.42. The van der Waals surface area contributed by atoms with Crippen LogP contribution < -0.4 is 28.1 Å². The summed E-state index contributed by atoms with van der Waals surface area (Å²) in [6, 6.07) is 31.6. The van der Waals surface area contributed by atoms with Gasteiger partial charge in [-0.1, -0.05) is 0 Å². The van der Waals surface area contributed by atoms with E-state index in [1.165, 1.54) is 23.3 Å². The second kappa shape index (κ2) is 16.5. The molecule has 0 nitrogen and oxygen atoms in total. The fourth-order valence-corrected chi connectivity index (χ4v) is 18.3. The summed E-state index contributed by atoms with van der Waals surface area (Å²) in [7, 11) is 0. The van der Waals surface area contributed by atoms with E-state index < -0.39 is 44.7 Å². The van der Waals surface area contributed by atoms with Crippen LogP contribution in [-0.2, 0) is 50.9 Å². The van der Waals surface area contributed by atoms with Crippen LogP contribution in [0.25, 0.3) is 16.7 Å². The zero-order valence-electron chi connectivity index (χ0n) is 33.8. The molecule has 0 spiro atoms.